The van der Waals surface area contributed by atoms with Gasteiger partial charge in [0.25, 0.3) is 0 Å². The lowest BCUT2D eigenvalue weighted by Crippen LogP contribution is -1.95. The summed E-state index contributed by atoms with van der Waals surface area (Å²) in [5, 5.41) is 0.418. The second-order valence-corrected chi connectivity index (χ2v) is 5.75. The summed E-state index contributed by atoms with van der Waals surface area (Å²) >= 11 is 3.52. The van der Waals surface area contributed by atoms with Crippen molar-refractivity contribution >= 4 is 40.0 Å². The second-order valence-electron chi connectivity index (χ2n) is 2.97. The molecular formula is C9H11FINS. The van der Waals surface area contributed by atoms with Gasteiger partial charge in [-0.15, -0.1) is 11.8 Å². The molecule has 0 saturated heterocycles. The molecule has 0 spiro atoms. The largest absolute Gasteiger partial charge is 0.398 e. The molecule has 0 bridgehead atoms. The molecule has 0 radical (unpaired) electrons. The number of nitrogen functional groups attached to an aromatic ring is 1. The van der Waals surface area contributed by atoms with Crippen LogP contribution in [0.15, 0.2) is 17.0 Å². The van der Waals surface area contributed by atoms with Gasteiger partial charge in [-0.05, 0) is 34.7 Å². The molecule has 1 nitrogen and oxygen atoms in total. The Balaban J connectivity index is 3.01. The number of thioether (sulfide) groups is 1. The van der Waals surface area contributed by atoms with Gasteiger partial charge in [0, 0.05) is 15.8 Å². The molecule has 1 aromatic carbocycles. The molecular weight excluding hydrogens is 300 g/mol. The molecule has 1 rings (SSSR count). The van der Waals surface area contributed by atoms with Gasteiger partial charge in [0.15, 0.2) is 0 Å². The maximum Gasteiger partial charge on any atom is 0.137 e. The number of benzene rings is 1. The van der Waals surface area contributed by atoms with Gasteiger partial charge in [0.05, 0.1) is 3.57 Å². The van der Waals surface area contributed by atoms with Gasteiger partial charge in [0.1, 0.15) is 5.82 Å². The molecule has 1 aromatic rings. The van der Waals surface area contributed by atoms with Crippen molar-refractivity contribution in [3.05, 3.63) is 21.5 Å². The molecule has 0 atom stereocenters. The summed E-state index contributed by atoms with van der Waals surface area (Å²) in [4.78, 5) is 0.827. The Kier molecular flexibility index (Phi) is 3.85. The first kappa shape index (κ1) is 11.1. The van der Waals surface area contributed by atoms with Crippen LogP contribution in [0, 0.1) is 9.39 Å². The van der Waals surface area contributed by atoms with E-state index in [-0.39, 0.29) is 5.82 Å². The third kappa shape index (κ3) is 3.02. The van der Waals surface area contributed by atoms with E-state index in [0.717, 1.165) is 4.90 Å². The first-order valence-electron chi connectivity index (χ1n) is 3.92. The van der Waals surface area contributed by atoms with Crippen molar-refractivity contribution in [1.82, 2.24) is 0 Å². The average Bonchev–Trinajstić information content (AvgIpc) is 1.99. The monoisotopic (exact) mass is 311 g/mol. The van der Waals surface area contributed by atoms with Crippen LogP contribution in [-0.2, 0) is 0 Å². The summed E-state index contributed by atoms with van der Waals surface area (Å²) in [5.41, 5.74) is 6.40. The molecule has 2 N–H and O–H groups in total. The van der Waals surface area contributed by atoms with Crippen molar-refractivity contribution in [1.29, 1.82) is 0 Å². The van der Waals surface area contributed by atoms with Gasteiger partial charge in [-0.2, -0.15) is 0 Å². The van der Waals surface area contributed by atoms with Crippen molar-refractivity contribution in [3.8, 4) is 0 Å². The number of hydrogen-bond donors (Lipinski definition) is 1. The summed E-state index contributed by atoms with van der Waals surface area (Å²) in [6, 6.07) is 3.17. The van der Waals surface area contributed by atoms with Gasteiger partial charge in [-0.25, -0.2) is 4.39 Å². The Morgan fingerprint density at radius 1 is 1.46 bits per heavy atom. The number of anilines is 1. The lowest BCUT2D eigenvalue weighted by Gasteiger charge is -2.08. The van der Waals surface area contributed by atoms with E-state index >= 15 is 0 Å². The molecule has 0 aromatic heterocycles. The van der Waals surface area contributed by atoms with Crippen molar-refractivity contribution < 1.29 is 4.39 Å². The molecule has 13 heavy (non-hydrogen) atoms. The van der Waals surface area contributed by atoms with Crippen LogP contribution in [0.3, 0.4) is 0 Å². The highest BCUT2D eigenvalue weighted by molar-refractivity contribution is 14.1. The fraction of sp³-hybridized carbons (Fsp3) is 0.333. The molecule has 0 aliphatic carbocycles. The minimum atomic E-state index is -0.196. The van der Waals surface area contributed by atoms with Gasteiger partial charge >= 0.3 is 0 Å². The molecule has 0 aliphatic heterocycles. The lowest BCUT2D eigenvalue weighted by molar-refractivity contribution is 0.617. The highest BCUT2D eigenvalue weighted by Gasteiger charge is 2.07. The fourth-order valence-corrected chi connectivity index (χ4v) is 2.27. The zero-order chi connectivity index (χ0) is 10.0. The van der Waals surface area contributed by atoms with Crippen molar-refractivity contribution in [3.63, 3.8) is 0 Å². The first-order valence-corrected chi connectivity index (χ1v) is 5.87. The SMILES string of the molecule is CC(C)Sc1cc(F)c(I)cc1N. The van der Waals surface area contributed by atoms with Crippen molar-refractivity contribution in [2.24, 2.45) is 0 Å². The van der Waals surface area contributed by atoms with Crippen LogP contribution >= 0.6 is 34.4 Å². The summed E-state index contributed by atoms with van der Waals surface area (Å²) in [6.45, 7) is 4.11. The number of rotatable bonds is 2. The predicted molar refractivity (Wildman–Crippen MR) is 64.5 cm³/mol. The Bertz CT molecular complexity index is 315. The zero-order valence-corrected chi connectivity index (χ0v) is 10.4. The van der Waals surface area contributed by atoms with E-state index in [0.29, 0.717) is 14.5 Å². The summed E-state index contributed by atoms with van der Waals surface area (Å²) in [6.07, 6.45) is 0. The maximum absolute atomic E-state index is 13.1. The van der Waals surface area contributed by atoms with Crippen LogP contribution in [0.2, 0.25) is 0 Å². The van der Waals surface area contributed by atoms with E-state index in [1.165, 1.54) is 6.07 Å². The average molecular weight is 311 g/mol. The predicted octanol–water partition coefficient (Wildman–Crippen LogP) is 3.51. The third-order valence-corrected chi connectivity index (χ3v) is 3.32. The minimum absolute atomic E-state index is 0.196. The maximum atomic E-state index is 13.1. The Morgan fingerprint density at radius 2 is 2.08 bits per heavy atom. The summed E-state index contributed by atoms with van der Waals surface area (Å²) in [7, 11) is 0. The molecule has 0 unspecified atom stereocenters. The number of hydrogen-bond acceptors (Lipinski definition) is 2. The van der Waals surface area contributed by atoms with E-state index in [1.807, 2.05) is 22.6 Å². The van der Waals surface area contributed by atoms with Crippen molar-refractivity contribution in [2.45, 2.75) is 24.0 Å². The van der Waals surface area contributed by atoms with E-state index in [1.54, 1.807) is 17.8 Å². The zero-order valence-electron chi connectivity index (χ0n) is 7.47. The van der Waals surface area contributed by atoms with Crippen molar-refractivity contribution in [2.75, 3.05) is 5.73 Å². The molecule has 0 saturated carbocycles. The van der Waals surface area contributed by atoms with Gasteiger partial charge in [-0.1, -0.05) is 13.8 Å². The Labute approximate surface area is 95.4 Å². The van der Waals surface area contributed by atoms with Crippen LogP contribution in [0.5, 0.6) is 0 Å². The molecule has 4 heteroatoms. The van der Waals surface area contributed by atoms with E-state index in [9.17, 15) is 4.39 Å². The molecule has 72 valence electrons. The Hall–Kier alpha value is 0.0300. The van der Waals surface area contributed by atoms with Crippen LogP contribution < -0.4 is 5.73 Å². The molecule has 0 heterocycles. The van der Waals surface area contributed by atoms with E-state index < -0.39 is 0 Å². The summed E-state index contributed by atoms with van der Waals surface area (Å²) in [5.74, 6) is -0.196. The minimum Gasteiger partial charge on any atom is -0.398 e. The highest BCUT2D eigenvalue weighted by atomic mass is 127. The lowest BCUT2D eigenvalue weighted by atomic mass is 10.3. The standard InChI is InChI=1S/C9H11FINS/c1-5(2)13-9-3-6(10)7(11)4-8(9)12/h3-5H,12H2,1-2H3. The van der Waals surface area contributed by atoms with Crippen LogP contribution in [-0.4, -0.2) is 5.25 Å². The third-order valence-electron chi connectivity index (χ3n) is 1.42. The number of halogens is 2. The summed E-state index contributed by atoms with van der Waals surface area (Å²) < 4.78 is 13.7. The van der Waals surface area contributed by atoms with Crippen LogP contribution in [0.25, 0.3) is 0 Å². The highest BCUT2D eigenvalue weighted by Crippen LogP contribution is 2.30. The smallest absolute Gasteiger partial charge is 0.137 e. The fourth-order valence-electron chi connectivity index (χ4n) is 0.900. The van der Waals surface area contributed by atoms with Crippen LogP contribution in [0.1, 0.15) is 13.8 Å². The molecule has 0 fully saturated rings. The van der Waals surface area contributed by atoms with Gasteiger partial charge in [0.2, 0.25) is 0 Å². The van der Waals surface area contributed by atoms with Gasteiger partial charge in [-0.3, -0.25) is 0 Å². The number of nitrogens with two attached hydrogens (primary N) is 1. The molecule has 0 aliphatic rings. The van der Waals surface area contributed by atoms with E-state index in [2.05, 4.69) is 13.8 Å². The van der Waals surface area contributed by atoms with Gasteiger partial charge < -0.3 is 5.73 Å². The second kappa shape index (κ2) is 4.50. The quantitative estimate of drug-likeness (QED) is 0.514. The Morgan fingerprint density at radius 3 is 2.62 bits per heavy atom. The first-order chi connectivity index (χ1) is 6.00. The topological polar surface area (TPSA) is 26.0 Å². The molecule has 0 amide bonds. The normalized spacial score (nSPS) is 10.8. The van der Waals surface area contributed by atoms with Crippen LogP contribution in [0.4, 0.5) is 10.1 Å². The van der Waals surface area contributed by atoms with E-state index in [4.69, 9.17) is 5.73 Å².